The molecule has 1 unspecified atom stereocenters. The van der Waals surface area contributed by atoms with Gasteiger partial charge < -0.3 is 19.5 Å². The number of para-hydroxylation sites is 1. The van der Waals surface area contributed by atoms with Crippen molar-refractivity contribution in [2.24, 2.45) is 0 Å². The van der Waals surface area contributed by atoms with Crippen LogP contribution in [0, 0.1) is 12.7 Å². The van der Waals surface area contributed by atoms with Gasteiger partial charge in [0.25, 0.3) is 5.91 Å². The van der Waals surface area contributed by atoms with Crippen molar-refractivity contribution in [2.75, 3.05) is 32.1 Å². The molecule has 1 aliphatic rings. The zero-order chi connectivity index (χ0) is 28.8. The molecule has 41 heavy (non-hydrogen) atoms. The van der Waals surface area contributed by atoms with Gasteiger partial charge in [-0.2, -0.15) is 5.10 Å². The highest BCUT2D eigenvalue weighted by Gasteiger charge is 2.29. The van der Waals surface area contributed by atoms with Crippen molar-refractivity contribution in [3.8, 4) is 0 Å². The molecule has 3 heterocycles. The third kappa shape index (κ3) is 6.51. The van der Waals surface area contributed by atoms with Crippen LogP contribution in [0.2, 0.25) is 0 Å². The summed E-state index contributed by atoms with van der Waals surface area (Å²) in [6.45, 7) is 4.80. The number of halogens is 1. The molecule has 1 aliphatic heterocycles. The first-order valence-electron chi connectivity index (χ1n) is 14.4. The molecule has 216 valence electrons. The van der Waals surface area contributed by atoms with Crippen LogP contribution in [0.5, 0.6) is 0 Å². The second kappa shape index (κ2) is 13.1. The molecule has 2 N–H and O–H groups in total. The summed E-state index contributed by atoms with van der Waals surface area (Å²) in [5.74, 6) is -0.0989. The molecular weight excluding hydrogens is 521 g/mol. The molecule has 0 aliphatic carbocycles. The lowest BCUT2D eigenvalue weighted by atomic mass is 9.91. The number of aromatic amines is 1. The van der Waals surface area contributed by atoms with Gasteiger partial charge in [-0.1, -0.05) is 24.3 Å². The topological polar surface area (TPSA) is 92.2 Å². The smallest absolute Gasteiger partial charge is 0.273 e. The minimum absolute atomic E-state index is 0.170. The van der Waals surface area contributed by atoms with Gasteiger partial charge in [-0.3, -0.25) is 14.7 Å². The summed E-state index contributed by atoms with van der Waals surface area (Å²) in [6.07, 6.45) is 6.27. The fourth-order valence-corrected chi connectivity index (χ4v) is 6.04. The maximum Gasteiger partial charge on any atom is 0.273 e. The lowest BCUT2D eigenvalue weighted by Gasteiger charge is -2.34. The number of likely N-dealkylation sites (tertiary alicyclic amines) is 1. The molecule has 2 aromatic heterocycles. The maximum atomic E-state index is 15.0. The van der Waals surface area contributed by atoms with Gasteiger partial charge >= 0.3 is 0 Å². The van der Waals surface area contributed by atoms with Gasteiger partial charge in [-0.25, -0.2) is 4.39 Å². The van der Waals surface area contributed by atoms with E-state index in [4.69, 9.17) is 4.74 Å². The normalized spacial score (nSPS) is 15.4. The van der Waals surface area contributed by atoms with E-state index in [1.807, 2.05) is 35.2 Å². The molecule has 0 bridgehead atoms. The number of ether oxygens (including phenoxy) is 1. The number of carbonyl (C=O) groups is 2. The van der Waals surface area contributed by atoms with E-state index in [-0.39, 0.29) is 23.5 Å². The Morgan fingerprint density at radius 3 is 2.73 bits per heavy atom. The number of H-pyrrole nitrogens is 1. The van der Waals surface area contributed by atoms with Gasteiger partial charge in [0.15, 0.2) is 0 Å². The van der Waals surface area contributed by atoms with Gasteiger partial charge in [0, 0.05) is 68.7 Å². The number of nitrogens with zero attached hydrogens (tertiary/aromatic N) is 3. The Morgan fingerprint density at radius 2 is 1.98 bits per heavy atom. The summed E-state index contributed by atoms with van der Waals surface area (Å²) in [7, 11) is 1.68. The Labute approximate surface area is 239 Å². The third-order valence-electron chi connectivity index (χ3n) is 8.04. The molecule has 0 radical (unpaired) electrons. The van der Waals surface area contributed by atoms with Crippen LogP contribution in [0.3, 0.4) is 0 Å². The zero-order valence-corrected chi connectivity index (χ0v) is 23.8. The molecule has 8 nitrogen and oxygen atoms in total. The van der Waals surface area contributed by atoms with E-state index in [0.717, 1.165) is 60.9 Å². The predicted octanol–water partition coefficient (Wildman–Crippen LogP) is 5.83. The number of anilines is 1. The van der Waals surface area contributed by atoms with Crippen LogP contribution in [0.25, 0.3) is 10.9 Å². The van der Waals surface area contributed by atoms with Crippen LogP contribution in [0.15, 0.2) is 54.7 Å². The van der Waals surface area contributed by atoms with E-state index in [1.54, 1.807) is 19.2 Å². The van der Waals surface area contributed by atoms with Crippen LogP contribution in [-0.4, -0.2) is 58.3 Å². The molecule has 1 fully saturated rings. The maximum absolute atomic E-state index is 15.0. The summed E-state index contributed by atoms with van der Waals surface area (Å²) in [4.78, 5) is 27.4. The first-order valence-corrected chi connectivity index (χ1v) is 14.4. The Bertz CT molecular complexity index is 1480. The summed E-state index contributed by atoms with van der Waals surface area (Å²) < 4.78 is 22.4. The fourth-order valence-electron chi connectivity index (χ4n) is 6.04. The largest absolute Gasteiger partial charge is 0.385 e. The SMILES string of the molecule is COCCCn1c(C2CCCN(C(=O)CCCc3ccc(NC(=O)c4ccn[nH]4)cc3)C2)c(C)c2cccc(F)c21. The Balaban J connectivity index is 1.19. The van der Waals surface area contributed by atoms with Gasteiger partial charge in [0.05, 0.1) is 5.52 Å². The average molecular weight is 560 g/mol. The fraction of sp³-hybridized carbons (Fsp3) is 0.406. The van der Waals surface area contributed by atoms with Crippen LogP contribution >= 0.6 is 0 Å². The van der Waals surface area contributed by atoms with E-state index in [1.165, 1.54) is 12.3 Å². The van der Waals surface area contributed by atoms with Crippen molar-refractivity contribution >= 4 is 28.4 Å². The number of carbonyl (C=O) groups excluding carboxylic acids is 2. The first kappa shape index (κ1) is 28.5. The number of aryl methyl sites for hydroxylation is 3. The third-order valence-corrected chi connectivity index (χ3v) is 8.04. The number of hydrogen-bond donors (Lipinski definition) is 2. The van der Waals surface area contributed by atoms with E-state index < -0.39 is 0 Å². The minimum Gasteiger partial charge on any atom is -0.385 e. The number of methoxy groups -OCH3 is 1. The number of rotatable bonds is 11. The van der Waals surface area contributed by atoms with Crippen molar-refractivity contribution in [1.29, 1.82) is 0 Å². The van der Waals surface area contributed by atoms with Gasteiger partial charge in [-0.05, 0) is 74.4 Å². The van der Waals surface area contributed by atoms with Crippen LogP contribution in [0.1, 0.15) is 65.3 Å². The van der Waals surface area contributed by atoms with Gasteiger partial charge in [0.2, 0.25) is 5.91 Å². The van der Waals surface area contributed by atoms with E-state index >= 15 is 0 Å². The van der Waals surface area contributed by atoms with Crippen molar-refractivity contribution in [1.82, 2.24) is 19.7 Å². The van der Waals surface area contributed by atoms with Crippen molar-refractivity contribution in [3.63, 3.8) is 0 Å². The van der Waals surface area contributed by atoms with Crippen LogP contribution in [-0.2, 0) is 22.5 Å². The Kier molecular flexibility index (Phi) is 9.14. The monoisotopic (exact) mass is 559 g/mol. The standard InChI is InChI=1S/C32H38FN5O3/c1-22-26-9-4-10-27(33)31(26)38(19-6-20-41-2)30(22)24-8-5-18-37(21-24)29(39)11-3-7-23-12-14-25(15-13-23)35-32(40)28-16-17-34-36-28/h4,9-10,12-17,24H,3,5-8,11,18-21H2,1-2H3,(H,34,36)(H,35,40). The Morgan fingerprint density at radius 1 is 1.15 bits per heavy atom. The van der Waals surface area contributed by atoms with Gasteiger partial charge in [0.1, 0.15) is 11.5 Å². The van der Waals surface area contributed by atoms with Crippen molar-refractivity contribution in [2.45, 2.75) is 57.9 Å². The minimum atomic E-state index is -0.239. The molecule has 0 saturated carbocycles. The highest BCUT2D eigenvalue weighted by molar-refractivity contribution is 6.02. The van der Waals surface area contributed by atoms with E-state index in [9.17, 15) is 14.0 Å². The highest BCUT2D eigenvalue weighted by atomic mass is 19.1. The summed E-state index contributed by atoms with van der Waals surface area (Å²) in [5.41, 5.74) is 5.15. The second-order valence-corrected chi connectivity index (χ2v) is 10.8. The number of fused-ring (bicyclic) bond motifs is 1. The van der Waals surface area contributed by atoms with Gasteiger partial charge in [-0.15, -0.1) is 0 Å². The second-order valence-electron chi connectivity index (χ2n) is 10.8. The molecule has 9 heteroatoms. The number of piperidine rings is 1. The number of benzene rings is 2. The quantitative estimate of drug-likeness (QED) is 0.226. The predicted molar refractivity (Wildman–Crippen MR) is 158 cm³/mol. The average Bonchev–Trinajstić information content (AvgIpc) is 3.62. The summed E-state index contributed by atoms with van der Waals surface area (Å²) >= 11 is 0. The molecule has 2 amide bonds. The number of aromatic nitrogens is 3. The van der Waals surface area contributed by atoms with Crippen LogP contribution in [0.4, 0.5) is 10.1 Å². The molecule has 4 aromatic rings. The molecule has 2 aromatic carbocycles. The number of nitrogens with one attached hydrogen (secondary N) is 2. The Hall–Kier alpha value is -3.98. The van der Waals surface area contributed by atoms with Crippen molar-refractivity contribution < 1.29 is 18.7 Å². The first-order chi connectivity index (χ1) is 20.0. The van der Waals surface area contributed by atoms with Crippen molar-refractivity contribution in [3.05, 3.63) is 83.1 Å². The zero-order valence-electron chi connectivity index (χ0n) is 23.8. The summed E-state index contributed by atoms with van der Waals surface area (Å²) in [5, 5.41) is 10.2. The van der Waals surface area contributed by atoms with Crippen LogP contribution < -0.4 is 5.32 Å². The molecule has 5 rings (SSSR count). The van der Waals surface area contributed by atoms with E-state index in [2.05, 4.69) is 27.0 Å². The lowest BCUT2D eigenvalue weighted by Crippen LogP contribution is -2.39. The summed E-state index contributed by atoms with van der Waals surface area (Å²) in [6, 6.07) is 14.6. The number of hydrogen-bond acceptors (Lipinski definition) is 4. The molecular formula is C32H38FN5O3. The molecule has 0 spiro atoms. The molecule has 1 atom stereocenters. The van der Waals surface area contributed by atoms with E-state index in [0.29, 0.717) is 43.0 Å². The number of amides is 2. The lowest BCUT2D eigenvalue weighted by molar-refractivity contribution is -0.132. The molecule has 1 saturated heterocycles. The highest BCUT2D eigenvalue weighted by Crippen LogP contribution is 2.36.